The first-order chi connectivity index (χ1) is 9.95. The third kappa shape index (κ3) is 3.67. The third-order valence-electron chi connectivity index (χ3n) is 3.07. The average molecular weight is 330 g/mol. The van der Waals surface area contributed by atoms with Crippen molar-refractivity contribution in [3.63, 3.8) is 0 Å². The number of aliphatic hydroxyl groups excluding tert-OH is 1. The molecule has 1 N–H and O–H groups in total. The molecule has 2 aromatic heterocycles. The van der Waals surface area contributed by atoms with E-state index in [2.05, 4.69) is 10.1 Å². The van der Waals surface area contributed by atoms with Gasteiger partial charge in [0.2, 0.25) is 10.0 Å². The number of aromatic nitrogens is 3. The molecule has 7 nitrogen and oxygen atoms in total. The first-order valence-electron chi connectivity index (χ1n) is 6.43. The summed E-state index contributed by atoms with van der Waals surface area (Å²) in [7, 11) is -2.03. The van der Waals surface area contributed by atoms with Crippen molar-refractivity contribution in [1.82, 2.24) is 19.1 Å². The third-order valence-corrected chi connectivity index (χ3v) is 5.75. The molecular weight excluding hydrogens is 312 g/mol. The minimum absolute atomic E-state index is 0.0481. The maximum absolute atomic E-state index is 12.5. The van der Waals surface area contributed by atoms with Gasteiger partial charge in [-0.1, -0.05) is 0 Å². The predicted octanol–water partition coefficient (Wildman–Crippen LogP) is 0.851. The molecule has 0 saturated heterocycles. The Balaban J connectivity index is 2.13. The van der Waals surface area contributed by atoms with Crippen LogP contribution in [0.1, 0.15) is 17.0 Å². The predicted molar refractivity (Wildman–Crippen MR) is 79.4 cm³/mol. The fourth-order valence-electron chi connectivity index (χ4n) is 1.78. The van der Waals surface area contributed by atoms with Gasteiger partial charge in [-0.3, -0.25) is 4.68 Å². The summed E-state index contributed by atoms with van der Waals surface area (Å²) in [6, 6.07) is 0. The van der Waals surface area contributed by atoms with E-state index >= 15 is 0 Å². The Bertz CT molecular complexity index is 693. The zero-order valence-corrected chi connectivity index (χ0v) is 13.6. The molecule has 0 unspecified atom stereocenters. The Morgan fingerprint density at radius 1 is 1.48 bits per heavy atom. The summed E-state index contributed by atoms with van der Waals surface area (Å²) in [6.45, 7) is 2.69. The van der Waals surface area contributed by atoms with E-state index in [1.54, 1.807) is 12.6 Å². The van der Waals surface area contributed by atoms with Crippen molar-refractivity contribution in [2.75, 3.05) is 13.7 Å². The maximum Gasteiger partial charge on any atom is 0.246 e. The van der Waals surface area contributed by atoms with Gasteiger partial charge >= 0.3 is 0 Å². The van der Waals surface area contributed by atoms with Gasteiger partial charge in [0.25, 0.3) is 0 Å². The monoisotopic (exact) mass is 330 g/mol. The Kier molecular flexibility index (Phi) is 5.09. The van der Waals surface area contributed by atoms with Crippen molar-refractivity contribution < 1.29 is 13.5 Å². The molecule has 0 bridgehead atoms. The zero-order chi connectivity index (χ0) is 15.5. The molecule has 0 saturated carbocycles. The van der Waals surface area contributed by atoms with Crippen LogP contribution in [0.4, 0.5) is 0 Å². The van der Waals surface area contributed by atoms with Gasteiger partial charge in [-0.25, -0.2) is 13.4 Å². The zero-order valence-electron chi connectivity index (χ0n) is 11.9. The fraction of sp³-hybridized carbons (Fsp3) is 0.500. The second kappa shape index (κ2) is 6.65. The normalized spacial score (nSPS) is 12.2. The molecule has 9 heteroatoms. The Morgan fingerprint density at radius 2 is 2.24 bits per heavy atom. The van der Waals surface area contributed by atoms with Crippen LogP contribution in [0.3, 0.4) is 0 Å². The van der Waals surface area contributed by atoms with Gasteiger partial charge in [0, 0.05) is 37.8 Å². The van der Waals surface area contributed by atoms with Crippen LogP contribution >= 0.6 is 11.3 Å². The highest BCUT2D eigenvalue weighted by molar-refractivity contribution is 7.89. The number of sulfonamides is 1. The summed E-state index contributed by atoms with van der Waals surface area (Å²) in [6.07, 6.45) is 3.36. The quantitative estimate of drug-likeness (QED) is 0.813. The van der Waals surface area contributed by atoms with Crippen molar-refractivity contribution in [2.24, 2.45) is 0 Å². The maximum atomic E-state index is 12.5. The highest BCUT2D eigenvalue weighted by Gasteiger charge is 2.23. The number of aryl methyl sites for hydroxylation is 2. The molecule has 2 heterocycles. The highest BCUT2D eigenvalue weighted by Crippen LogP contribution is 2.20. The smallest absolute Gasteiger partial charge is 0.246 e. The first kappa shape index (κ1) is 16.1. The van der Waals surface area contributed by atoms with Crippen molar-refractivity contribution >= 4 is 21.4 Å². The number of aliphatic hydroxyl groups is 1. The second-order valence-corrected chi connectivity index (χ2v) is 7.62. The van der Waals surface area contributed by atoms with Crippen LogP contribution in [0.2, 0.25) is 0 Å². The van der Waals surface area contributed by atoms with Gasteiger partial charge in [-0.2, -0.15) is 9.40 Å². The van der Waals surface area contributed by atoms with E-state index in [0.29, 0.717) is 19.5 Å². The van der Waals surface area contributed by atoms with Crippen LogP contribution in [-0.4, -0.2) is 46.2 Å². The molecule has 0 amide bonds. The molecule has 0 radical (unpaired) electrons. The molecule has 0 fully saturated rings. The van der Waals surface area contributed by atoms with E-state index in [4.69, 9.17) is 5.11 Å². The second-order valence-electron chi connectivity index (χ2n) is 4.64. The fourth-order valence-corrected chi connectivity index (χ4v) is 3.78. The lowest BCUT2D eigenvalue weighted by molar-refractivity contribution is 0.277. The number of rotatable bonds is 7. The first-order valence-corrected chi connectivity index (χ1v) is 8.75. The standard InChI is InChI=1S/C12H18N4O3S2/c1-10-12(20-9-13-10)8-15(2)21(18,19)11-6-14-16(7-11)4-3-5-17/h6-7,9,17H,3-5,8H2,1-2H3. The minimum Gasteiger partial charge on any atom is -0.396 e. The van der Waals surface area contributed by atoms with E-state index in [0.717, 1.165) is 10.6 Å². The van der Waals surface area contributed by atoms with Crippen LogP contribution in [-0.2, 0) is 23.1 Å². The van der Waals surface area contributed by atoms with Crippen LogP contribution < -0.4 is 0 Å². The molecule has 0 spiro atoms. The Labute approximate surface area is 127 Å². The van der Waals surface area contributed by atoms with Gasteiger partial charge in [0.15, 0.2) is 0 Å². The molecule has 2 aromatic rings. The van der Waals surface area contributed by atoms with Crippen LogP contribution in [0.15, 0.2) is 22.8 Å². The van der Waals surface area contributed by atoms with Crippen molar-refractivity contribution in [3.05, 3.63) is 28.5 Å². The topological polar surface area (TPSA) is 88.3 Å². The largest absolute Gasteiger partial charge is 0.396 e. The molecule has 0 aromatic carbocycles. The van der Waals surface area contributed by atoms with E-state index < -0.39 is 10.0 Å². The van der Waals surface area contributed by atoms with Crippen LogP contribution in [0, 0.1) is 6.92 Å². The van der Waals surface area contributed by atoms with Crippen LogP contribution in [0.25, 0.3) is 0 Å². The minimum atomic E-state index is -3.57. The van der Waals surface area contributed by atoms with E-state index in [1.807, 2.05) is 6.92 Å². The Hall–Kier alpha value is -1.29. The molecule has 116 valence electrons. The van der Waals surface area contributed by atoms with Gasteiger partial charge in [0.05, 0.1) is 17.4 Å². The van der Waals surface area contributed by atoms with Gasteiger partial charge in [0.1, 0.15) is 4.90 Å². The summed E-state index contributed by atoms with van der Waals surface area (Å²) in [5.74, 6) is 0. The van der Waals surface area contributed by atoms with Gasteiger partial charge in [-0.05, 0) is 13.3 Å². The number of hydrogen-bond acceptors (Lipinski definition) is 6. The van der Waals surface area contributed by atoms with Gasteiger partial charge in [-0.15, -0.1) is 11.3 Å². The van der Waals surface area contributed by atoms with E-state index in [1.165, 1.54) is 32.7 Å². The molecule has 0 aliphatic heterocycles. The molecule has 0 aliphatic carbocycles. The van der Waals surface area contributed by atoms with E-state index in [-0.39, 0.29) is 11.5 Å². The average Bonchev–Trinajstić information content (AvgIpc) is 3.06. The molecule has 0 aliphatic rings. The van der Waals surface area contributed by atoms with Crippen molar-refractivity contribution in [1.29, 1.82) is 0 Å². The number of nitrogens with zero attached hydrogens (tertiary/aromatic N) is 4. The molecule has 0 atom stereocenters. The lowest BCUT2D eigenvalue weighted by Crippen LogP contribution is -2.26. The molecular formula is C12H18N4O3S2. The Morgan fingerprint density at radius 3 is 2.86 bits per heavy atom. The lowest BCUT2D eigenvalue weighted by Gasteiger charge is -2.15. The van der Waals surface area contributed by atoms with Crippen molar-refractivity contribution in [3.8, 4) is 0 Å². The summed E-state index contributed by atoms with van der Waals surface area (Å²) >= 11 is 1.44. The molecule has 21 heavy (non-hydrogen) atoms. The number of thiazole rings is 1. The molecule has 2 rings (SSSR count). The van der Waals surface area contributed by atoms with Crippen molar-refractivity contribution in [2.45, 2.75) is 31.3 Å². The summed E-state index contributed by atoms with van der Waals surface area (Å²) < 4.78 is 27.7. The summed E-state index contributed by atoms with van der Waals surface area (Å²) in [4.78, 5) is 5.20. The van der Waals surface area contributed by atoms with Crippen LogP contribution in [0.5, 0.6) is 0 Å². The van der Waals surface area contributed by atoms with Gasteiger partial charge < -0.3 is 5.11 Å². The summed E-state index contributed by atoms with van der Waals surface area (Å²) in [5.41, 5.74) is 2.55. The lowest BCUT2D eigenvalue weighted by atomic mass is 10.4. The summed E-state index contributed by atoms with van der Waals surface area (Å²) in [5, 5.41) is 12.8. The SMILES string of the molecule is Cc1ncsc1CN(C)S(=O)(=O)c1cnn(CCCO)c1. The highest BCUT2D eigenvalue weighted by atomic mass is 32.2. The number of hydrogen-bond donors (Lipinski definition) is 1. The van der Waals surface area contributed by atoms with E-state index in [9.17, 15) is 8.42 Å².